The fraction of sp³-hybridized carbons (Fsp3) is 0.536. The molecule has 1 N–H and O–H groups in total. The second-order valence-corrected chi connectivity index (χ2v) is 10.6. The maximum atomic E-state index is 11.1. The zero-order valence-electron chi connectivity index (χ0n) is 19.4. The minimum absolute atomic E-state index is 0.274. The summed E-state index contributed by atoms with van der Waals surface area (Å²) in [5, 5.41) is 9.12. The van der Waals surface area contributed by atoms with E-state index < -0.39 is 11.6 Å². The Bertz CT molecular complexity index is 1030. The van der Waals surface area contributed by atoms with Gasteiger partial charge in [0, 0.05) is 6.42 Å². The van der Waals surface area contributed by atoms with Crippen molar-refractivity contribution in [2.45, 2.75) is 70.8 Å². The molecule has 0 amide bonds. The molecule has 0 spiro atoms. The van der Waals surface area contributed by atoms with Crippen molar-refractivity contribution in [1.29, 1.82) is 0 Å². The fourth-order valence-corrected chi connectivity index (χ4v) is 5.52. The Morgan fingerprint density at radius 1 is 1.22 bits per heavy atom. The number of carboxylic acid groups (broad SMARTS) is 1. The Morgan fingerprint density at radius 3 is 2.78 bits per heavy atom. The van der Waals surface area contributed by atoms with Crippen LogP contribution in [0.3, 0.4) is 0 Å². The molecule has 2 aromatic carbocycles. The number of benzene rings is 2. The van der Waals surface area contributed by atoms with E-state index in [9.17, 15) is 4.79 Å². The third kappa shape index (κ3) is 4.43. The molecule has 2 aromatic rings. The van der Waals surface area contributed by atoms with Crippen LogP contribution in [-0.4, -0.2) is 29.9 Å². The van der Waals surface area contributed by atoms with E-state index in [0.717, 1.165) is 37.0 Å². The molecule has 0 radical (unpaired) electrons. The second-order valence-electron chi connectivity index (χ2n) is 10.6. The van der Waals surface area contributed by atoms with Crippen LogP contribution in [0.25, 0.3) is 11.1 Å². The number of carboxylic acids is 1. The van der Waals surface area contributed by atoms with Gasteiger partial charge < -0.3 is 14.6 Å². The van der Waals surface area contributed by atoms with Crippen LogP contribution in [0.1, 0.15) is 67.7 Å². The molecule has 3 aliphatic rings. The number of rotatable bonds is 8. The molecule has 2 atom stereocenters. The molecular formula is C28H34O4. The van der Waals surface area contributed by atoms with Gasteiger partial charge in [0.05, 0.1) is 12.2 Å². The Balaban J connectivity index is 1.57. The molecule has 2 aliphatic carbocycles. The summed E-state index contributed by atoms with van der Waals surface area (Å²) in [4.78, 5) is 11.1. The van der Waals surface area contributed by atoms with Crippen LogP contribution >= 0.6 is 0 Å². The molecule has 0 saturated heterocycles. The summed E-state index contributed by atoms with van der Waals surface area (Å²) in [6, 6.07) is 11.3. The normalized spacial score (nSPS) is 22.2. The summed E-state index contributed by atoms with van der Waals surface area (Å²) in [7, 11) is 0. The Hall–Kier alpha value is -2.33. The van der Waals surface area contributed by atoms with E-state index in [4.69, 9.17) is 14.6 Å². The van der Waals surface area contributed by atoms with Gasteiger partial charge in [-0.05, 0) is 116 Å². The second kappa shape index (κ2) is 8.22. The average molecular weight is 435 g/mol. The minimum atomic E-state index is -0.927. The van der Waals surface area contributed by atoms with E-state index in [1.54, 1.807) is 0 Å². The molecular weight excluding hydrogens is 400 g/mol. The van der Waals surface area contributed by atoms with Crippen molar-refractivity contribution in [3.63, 3.8) is 0 Å². The van der Waals surface area contributed by atoms with Crippen molar-refractivity contribution in [1.82, 2.24) is 0 Å². The van der Waals surface area contributed by atoms with Crippen LogP contribution in [0, 0.1) is 18.8 Å². The summed E-state index contributed by atoms with van der Waals surface area (Å²) in [5.74, 6) is 2.49. The molecule has 5 rings (SSSR count). The number of aryl methyl sites for hydroxylation is 2. The molecule has 32 heavy (non-hydrogen) atoms. The van der Waals surface area contributed by atoms with Crippen LogP contribution in [0.2, 0.25) is 0 Å². The topological polar surface area (TPSA) is 55.8 Å². The lowest BCUT2D eigenvalue weighted by atomic mass is 9.83. The van der Waals surface area contributed by atoms with Crippen molar-refractivity contribution < 1.29 is 19.4 Å². The van der Waals surface area contributed by atoms with Crippen LogP contribution in [0.4, 0.5) is 0 Å². The number of hydrogen-bond donors (Lipinski definition) is 1. The first-order valence-electron chi connectivity index (χ1n) is 12.1. The summed E-state index contributed by atoms with van der Waals surface area (Å²) in [5.41, 5.74) is 7.34. The molecule has 0 bridgehead atoms. The monoisotopic (exact) mass is 434 g/mol. The number of hydrogen-bond acceptors (Lipinski definition) is 3. The molecule has 4 heteroatoms. The third-order valence-electron chi connectivity index (χ3n) is 7.43. The Labute approximate surface area is 190 Å². The molecule has 2 unspecified atom stereocenters. The summed E-state index contributed by atoms with van der Waals surface area (Å²) < 4.78 is 11.7. The van der Waals surface area contributed by atoms with Gasteiger partial charge in [-0.15, -0.1) is 0 Å². The fourth-order valence-electron chi connectivity index (χ4n) is 5.52. The Morgan fingerprint density at radius 2 is 2.03 bits per heavy atom. The molecule has 170 valence electrons. The maximum absolute atomic E-state index is 11.1. The van der Waals surface area contributed by atoms with E-state index in [0.29, 0.717) is 12.3 Å². The van der Waals surface area contributed by atoms with Crippen LogP contribution in [0.15, 0.2) is 30.3 Å². The molecule has 1 heterocycles. The van der Waals surface area contributed by atoms with Crippen LogP contribution < -0.4 is 4.74 Å². The van der Waals surface area contributed by atoms with Crippen LogP contribution in [0.5, 0.6) is 5.75 Å². The third-order valence-corrected chi connectivity index (χ3v) is 7.43. The first-order chi connectivity index (χ1) is 15.3. The van der Waals surface area contributed by atoms with E-state index in [2.05, 4.69) is 37.3 Å². The first-order valence-corrected chi connectivity index (χ1v) is 12.1. The van der Waals surface area contributed by atoms with Gasteiger partial charge >= 0.3 is 5.97 Å². The molecule has 1 aliphatic heterocycles. The smallest absolute Gasteiger partial charge is 0.329 e. The lowest BCUT2D eigenvalue weighted by Gasteiger charge is -2.28. The van der Waals surface area contributed by atoms with Crippen molar-refractivity contribution in [3.05, 3.63) is 52.6 Å². The highest BCUT2D eigenvalue weighted by Crippen LogP contribution is 2.61. The first kappa shape index (κ1) is 21.5. The number of aliphatic carboxylic acids is 1. The quantitative estimate of drug-likeness (QED) is 0.560. The lowest BCUT2D eigenvalue weighted by Crippen LogP contribution is -2.30. The summed E-state index contributed by atoms with van der Waals surface area (Å²) >= 11 is 0. The Kier molecular flexibility index (Phi) is 5.53. The van der Waals surface area contributed by atoms with Gasteiger partial charge in [-0.2, -0.15) is 0 Å². The standard InChI is InChI=1S/C28H34O4/c1-17-6-10-21(23-14-22(23)18-7-8-18)27(24(17)15-28(2,3)32-16-26(29)30)20-9-11-25-19(13-20)5-4-12-31-25/h6,9-11,13,18,22-23H,4-5,7-8,12,14-16H2,1-3H3,(H,29,30). The van der Waals surface area contributed by atoms with Gasteiger partial charge in [-0.3, -0.25) is 0 Å². The molecule has 4 nitrogen and oxygen atoms in total. The van der Waals surface area contributed by atoms with Gasteiger partial charge in [0.25, 0.3) is 0 Å². The van der Waals surface area contributed by atoms with E-state index >= 15 is 0 Å². The summed E-state index contributed by atoms with van der Waals surface area (Å²) in [6.07, 6.45) is 6.88. The summed E-state index contributed by atoms with van der Waals surface area (Å²) in [6.45, 7) is 6.69. The highest BCUT2D eigenvalue weighted by molar-refractivity contribution is 5.75. The van der Waals surface area contributed by atoms with Gasteiger partial charge in [0.15, 0.2) is 0 Å². The molecule has 2 saturated carbocycles. The predicted octanol–water partition coefficient (Wildman–Crippen LogP) is 5.92. The van der Waals surface area contributed by atoms with Crippen LogP contribution in [-0.2, 0) is 22.4 Å². The van der Waals surface area contributed by atoms with Gasteiger partial charge in [-0.25, -0.2) is 4.79 Å². The average Bonchev–Trinajstić information content (AvgIpc) is 3.66. The van der Waals surface area contributed by atoms with Crippen molar-refractivity contribution in [2.24, 2.45) is 11.8 Å². The molecule has 0 aromatic heterocycles. The number of carbonyl (C=O) groups is 1. The van der Waals surface area contributed by atoms with Gasteiger partial charge in [0.2, 0.25) is 0 Å². The lowest BCUT2D eigenvalue weighted by molar-refractivity contribution is -0.148. The number of fused-ring (bicyclic) bond motifs is 1. The molecule has 2 fully saturated rings. The van der Waals surface area contributed by atoms with Gasteiger partial charge in [-0.1, -0.05) is 18.2 Å². The van der Waals surface area contributed by atoms with Gasteiger partial charge in [0.1, 0.15) is 12.4 Å². The van der Waals surface area contributed by atoms with E-state index in [1.807, 2.05) is 13.8 Å². The van der Waals surface area contributed by atoms with E-state index in [-0.39, 0.29) is 6.61 Å². The highest BCUT2D eigenvalue weighted by Gasteiger charge is 2.49. The zero-order chi connectivity index (χ0) is 22.5. The largest absolute Gasteiger partial charge is 0.493 e. The SMILES string of the molecule is Cc1ccc(C2CC2C2CC2)c(-c2ccc3c(c2)CCCO3)c1CC(C)(C)OCC(=O)O. The minimum Gasteiger partial charge on any atom is -0.493 e. The predicted molar refractivity (Wildman–Crippen MR) is 125 cm³/mol. The van der Waals surface area contributed by atoms with Crippen molar-refractivity contribution in [3.8, 4) is 16.9 Å². The highest BCUT2D eigenvalue weighted by atomic mass is 16.5. The van der Waals surface area contributed by atoms with Crippen molar-refractivity contribution >= 4 is 5.97 Å². The van der Waals surface area contributed by atoms with Crippen molar-refractivity contribution in [2.75, 3.05) is 13.2 Å². The number of ether oxygens (including phenoxy) is 2. The maximum Gasteiger partial charge on any atom is 0.329 e. The zero-order valence-corrected chi connectivity index (χ0v) is 19.4. The van der Waals surface area contributed by atoms with E-state index in [1.165, 1.54) is 52.6 Å².